The molecule has 0 saturated carbocycles. The first-order valence-electron chi connectivity index (χ1n) is 5.41. The number of aryl methyl sites for hydroxylation is 1. The Morgan fingerprint density at radius 2 is 1.89 bits per heavy atom. The van der Waals surface area contributed by atoms with Gasteiger partial charge in [0.15, 0.2) is 0 Å². The SMILES string of the molecule is Cn1cc(CC(C)(O)c2cc(F)cc(F)c2)nn1. The van der Waals surface area contributed by atoms with E-state index in [0.717, 1.165) is 18.2 Å². The highest BCUT2D eigenvalue weighted by Gasteiger charge is 2.26. The Labute approximate surface area is 103 Å². The quantitative estimate of drug-likeness (QED) is 0.902. The third-order valence-corrected chi connectivity index (χ3v) is 2.66. The Morgan fingerprint density at radius 1 is 1.28 bits per heavy atom. The average molecular weight is 253 g/mol. The summed E-state index contributed by atoms with van der Waals surface area (Å²) in [6, 6.07) is 2.99. The predicted molar refractivity (Wildman–Crippen MR) is 60.6 cm³/mol. The highest BCUT2D eigenvalue weighted by molar-refractivity contribution is 5.25. The number of aliphatic hydroxyl groups is 1. The molecule has 96 valence electrons. The number of rotatable bonds is 3. The zero-order chi connectivity index (χ0) is 13.3. The molecule has 2 rings (SSSR count). The number of hydrogen-bond donors (Lipinski definition) is 1. The fraction of sp³-hybridized carbons (Fsp3) is 0.333. The lowest BCUT2D eigenvalue weighted by molar-refractivity contribution is 0.0558. The molecule has 0 fully saturated rings. The third kappa shape index (κ3) is 2.70. The molecule has 4 nitrogen and oxygen atoms in total. The molecule has 1 N–H and O–H groups in total. The van der Waals surface area contributed by atoms with Crippen LogP contribution < -0.4 is 0 Å². The molecule has 1 heterocycles. The zero-order valence-corrected chi connectivity index (χ0v) is 10.1. The molecular formula is C12H13F2N3O. The van der Waals surface area contributed by atoms with Gasteiger partial charge in [-0.15, -0.1) is 5.10 Å². The van der Waals surface area contributed by atoms with Gasteiger partial charge in [-0.25, -0.2) is 8.78 Å². The van der Waals surface area contributed by atoms with Gasteiger partial charge in [0.05, 0.1) is 11.3 Å². The summed E-state index contributed by atoms with van der Waals surface area (Å²) in [7, 11) is 1.70. The number of halogens is 2. The van der Waals surface area contributed by atoms with Crippen molar-refractivity contribution in [2.45, 2.75) is 18.9 Å². The Morgan fingerprint density at radius 3 is 2.39 bits per heavy atom. The minimum atomic E-state index is -1.40. The van der Waals surface area contributed by atoms with E-state index in [1.54, 1.807) is 13.2 Å². The van der Waals surface area contributed by atoms with Crippen LogP contribution in [0.25, 0.3) is 0 Å². The van der Waals surface area contributed by atoms with Gasteiger partial charge in [0.25, 0.3) is 0 Å². The Hall–Kier alpha value is -1.82. The van der Waals surface area contributed by atoms with Crippen LogP contribution in [0.4, 0.5) is 8.78 Å². The number of benzene rings is 1. The van der Waals surface area contributed by atoms with Crippen LogP contribution in [0.3, 0.4) is 0 Å². The summed E-state index contributed by atoms with van der Waals surface area (Å²) in [4.78, 5) is 0. The van der Waals surface area contributed by atoms with Crippen molar-refractivity contribution in [2.24, 2.45) is 7.05 Å². The number of aromatic nitrogens is 3. The molecule has 0 amide bonds. The van der Waals surface area contributed by atoms with Gasteiger partial charge in [-0.05, 0) is 24.6 Å². The van der Waals surface area contributed by atoms with Gasteiger partial charge in [0.1, 0.15) is 11.6 Å². The molecule has 0 spiro atoms. The smallest absolute Gasteiger partial charge is 0.126 e. The second kappa shape index (κ2) is 4.45. The van der Waals surface area contributed by atoms with Crippen LogP contribution in [-0.2, 0) is 19.1 Å². The topological polar surface area (TPSA) is 50.9 Å². The van der Waals surface area contributed by atoms with E-state index < -0.39 is 17.2 Å². The van der Waals surface area contributed by atoms with Crippen LogP contribution >= 0.6 is 0 Å². The molecule has 0 saturated heterocycles. The van der Waals surface area contributed by atoms with E-state index in [1.807, 2.05) is 0 Å². The largest absolute Gasteiger partial charge is 0.385 e. The molecule has 18 heavy (non-hydrogen) atoms. The molecule has 0 aliphatic rings. The van der Waals surface area contributed by atoms with Crippen LogP contribution in [0.15, 0.2) is 24.4 Å². The summed E-state index contributed by atoms with van der Waals surface area (Å²) in [5.41, 5.74) is -0.684. The Bertz CT molecular complexity index is 546. The lowest BCUT2D eigenvalue weighted by Gasteiger charge is -2.22. The van der Waals surface area contributed by atoms with E-state index in [4.69, 9.17) is 0 Å². The van der Waals surface area contributed by atoms with E-state index in [-0.39, 0.29) is 12.0 Å². The highest BCUT2D eigenvalue weighted by atomic mass is 19.1. The van der Waals surface area contributed by atoms with Crippen LogP contribution in [0.2, 0.25) is 0 Å². The summed E-state index contributed by atoms with van der Waals surface area (Å²) < 4.78 is 27.7. The van der Waals surface area contributed by atoms with Crippen LogP contribution in [0, 0.1) is 11.6 Å². The lowest BCUT2D eigenvalue weighted by Crippen LogP contribution is -2.25. The Kier molecular flexibility index (Phi) is 3.13. The normalized spacial score (nSPS) is 14.5. The molecule has 1 atom stereocenters. The zero-order valence-electron chi connectivity index (χ0n) is 10.1. The number of hydrogen-bond acceptors (Lipinski definition) is 3. The van der Waals surface area contributed by atoms with E-state index in [1.165, 1.54) is 11.6 Å². The van der Waals surface area contributed by atoms with Gasteiger partial charge in [0, 0.05) is 25.7 Å². The van der Waals surface area contributed by atoms with Crippen molar-refractivity contribution in [2.75, 3.05) is 0 Å². The predicted octanol–water partition coefficient (Wildman–Crippen LogP) is 1.54. The van der Waals surface area contributed by atoms with Crippen LogP contribution in [-0.4, -0.2) is 20.1 Å². The second-order valence-electron chi connectivity index (χ2n) is 4.49. The van der Waals surface area contributed by atoms with Crippen molar-refractivity contribution >= 4 is 0 Å². The van der Waals surface area contributed by atoms with Crippen LogP contribution in [0.1, 0.15) is 18.2 Å². The van der Waals surface area contributed by atoms with E-state index in [0.29, 0.717) is 5.69 Å². The molecule has 0 radical (unpaired) electrons. The van der Waals surface area contributed by atoms with Crippen molar-refractivity contribution in [1.82, 2.24) is 15.0 Å². The molecule has 1 unspecified atom stereocenters. The first kappa shape index (κ1) is 12.6. The van der Waals surface area contributed by atoms with Crippen molar-refractivity contribution in [3.8, 4) is 0 Å². The first-order valence-corrected chi connectivity index (χ1v) is 5.41. The average Bonchev–Trinajstić information content (AvgIpc) is 2.61. The van der Waals surface area contributed by atoms with Gasteiger partial charge in [0.2, 0.25) is 0 Å². The minimum Gasteiger partial charge on any atom is -0.385 e. The number of nitrogens with zero attached hydrogens (tertiary/aromatic N) is 3. The maximum atomic E-state index is 13.1. The Balaban J connectivity index is 2.29. The molecule has 0 bridgehead atoms. The van der Waals surface area contributed by atoms with Crippen molar-refractivity contribution in [1.29, 1.82) is 0 Å². The standard InChI is InChI=1S/C12H13F2N3O/c1-12(18,6-11-7-17(2)16-15-11)8-3-9(13)5-10(14)4-8/h3-5,7,18H,6H2,1-2H3. The fourth-order valence-corrected chi connectivity index (χ4v) is 1.80. The molecule has 0 aliphatic heterocycles. The monoisotopic (exact) mass is 253 g/mol. The third-order valence-electron chi connectivity index (χ3n) is 2.66. The summed E-state index contributed by atoms with van der Waals surface area (Å²) in [6.07, 6.45) is 1.77. The van der Waals surface area contributed by atoms with Crippen molar-refractivity contribution in [3.05, 3.63) is 47.3 Å². The van der Waals surface area contributed by atoms with Crippen LogP contribution in [0.5, 0.6) is 0 Å². The molecule has 1 aromatic carbocycles. The molecule has 6 heteroatoms. The van der Waals surface area contributed by atoms with E-state index >= 15 is 0 Å². The maximum Gasteiger partial charge on any atom is 0.126 e. The molecular weight excluding hydrogens is 240 g/mol. The summed E-state index contributed by atoms with van der Waals surface area (Å²) in [5, 5.41) is 17.9. The van der Waals surface area contributed by atoms with E-state index in [2.05, 4.69) is 10.3 Å². The second-order valence-corrected chi connectivity index (χ2v) is 4.49. The summed E-state index contributed by atoms with van der Waals surface area (Å²) in [6.45, 7) is 1.48. The van der Waals surface area contributed by atoms with Gasteiger partial charge < -0.3 is 5.11 Å². The fourth-order valence-electron chi connectivity index (χ4n) is 1.80. The minimum absolute atomic E-state index is 0.129. The molecule has 2 aromatic rings. The van der Waals surface area contributed by atoms with Gasteiger partial charge in [-0.2, -0.15) is 0 Å². The van der Waals surface area contributed by atoms with E-state index in [9.17, 15) is 13.9 Å². The van der Waals surface area contributed by atoms with Crippen molar-refractivity contribution < 1.29 is 13.9 Å². The first-order chi connectivity index (χ1) is 8.37. The lowest BCUT2D eigenvalue weighted by atomic mass is 9.91. The van der Waals surface area contributed by atoms with Gasteiger partial charge in [-0.3, -0.25) is 4.68 Å². The summed E-state index contributed by atoms with van der Waals surface area (Å²) >= 11 is 0. The molecule has 0 aliphatic carbocycles. The highest BCUT2D eigenvalue weighted by Crippen LogP contribution is 2.25. The maximum absolute atomic E-state index is 13.1. The summed E-state index contributed by atoms with van der Waals surface area (Å²) in [5.74, 6) is -1.44. The molecule has 1 aromatic heterocycles. The van der Waals surface area contributed by atoms with Gasteiger partial charge in [-0.1, -0.05) is 5.21 Å². The van der Waals surface area contributed by atoms with Crippen molar-refractivity contribution in [3.63, 3.8) is 0 Å². The van der Waals surface area contributed by atoms with Gasteiger partial charge >= 0.3 is 0 Å².